The standard InChI is InChI=1S/C16H27N3/c1-3-8-17-11-14-7-10-19(12-14)13-16-15(4-2)6-5-9-18-16/h5-6,9,14,17H,3-4,7-8,10-13H2,1-2H3. The molecular formula is C16H27N3. The maximum atomic E-state index is 4.56. The number of nitrogens with zero attached hydrogens (tertiary/aromatic N) is 2. The predicted octanol–water partition coefficient (Wildman–Crippen LogP) is 2.47. The van der Waals surface area contributed by atoms with E-state index < -0.39 is 0 Å². The van der Waals surface area contributed by atoms with Crippen LogP contribution >= 0.6 is 0 Å². The van der Waals surface area contributed by atoms with Gasteiger partial charge < -0.3 is 5.32 Å². The van der Waals surface area contributed by atoms with Crippen molar-refractivity contribution in [3.05, 3.63) is 29.6 Å². The molecule has 1 unspecified atom stereocenters. The number of rotatable bonds is 7. The molecule has 3 heteroatoms. The monoisotopic (exact) mass is 261 g/mol. The van der Waals surface area contributed by atoms with Crippen LogP contribution in [0.5, 0.6) is 0 Å². The molecule has 1 N–H and O–H groups in total. The van der Waals surface area contributed by atoms with Gasteiger partial charge in [-0.2, -0.15) is 0 Å². The fraction of sp³-hybridized carbons (Fsp3) is 0.688. The van der Waals surface area contributed by atoms with E-state index in [0.717, 1.165) is 25.4 Å². The first-order valence-corrected chi connectivity index (χ1v) is 7.69. The number of likely N-dealkylation sites (tertiary alicyclic amines) is 1. The molecule has 2 rings (SSSR count). The fourth-order valence-corrected chi connectivity index (χ4v) is 2.85. The molecule has 1 fully saturated rings. The highest BCUT2D eigenvalue weighted by molar-refractivity contribution is 5.19. The Hall–Kier alpha value is -0.930. The van der Waals surface area contributed by atoms with E-state index in [4.69, 9.17) is 0 Å². The van der Waals surface area contributed by atoms with Crippen molar-refractivity contribution in [3.63, 3.8) is 0 Å². The van der Waals surface area contributed by atoms with Crippen LogP contribution in [-0.4, -0.2) is 36.1 Å². The van der Waals surface area contributed by atoms with Crippen LogP contribution in [0.4, 0.5) is 0 Å². The van der Waals surface area contributed by atoms with Crippen LogP contribution in [0.2, 0.25) is 0 Å². The summed E-state index contributed by atoms with van der Waals surface area (Å²) in [6, 6.07) is 4.25. The third-order valence-corrected chi connectivity index (χ3v) is 3.97. The Morgan fingerprint density at radius 3 is 3.11 bits per heavy atom. The lowest BCUT2D eigenvalue weighted by molar-refractivity contribution is 0.309. The van der Waals surface area contributed by atoms with E-state index in [9.17, 15) is 0 Å². The molecule has 106 valence electrons. The van der Waals surface area contributed by atoms with Crippen LogP contribution in [-0.2, 0) is 13.0 Å². The Morgan fingerprint density at radius 1 is 1.42 bits per heavy atom. The Labute approximate surface area is 117 Å². The van der Waals surface area contributed by atoms with Gasteiger partial charge >= 0.3 is 0 Å². The molecule has 0 bridgehead atoms. The minimum atomic E-state index is 0.820. The summed E-state index contributed by atoms with van der Waals surface area (Å²) in [5, 5.41) is 3.54. The van der Waals surface area contributed by atoms with Gasteiger partial charge in [0.15, 0.2) is 0 Å². The molecule has 1 aromatic rings. The summed E-state index contributed by atoms with van der Waals surface area (Å²) in [5.41, 5.74) is 2.67. The van der Waals surface area contributed by atoms with E-state index in [-0.39, 0.29) is 0 Å². The maximum absolute atomic E-state index is 4.56. The highest BCUT2D eigenvalue weighted by Crippen LogP contribution is 2.19. The van der Waals surface area contributed by atoms with E-state index in [0.29, 0.717) is 0 Å². The highest BCUT2D eigenvalue weighted by atomic mass is 15.2. The largest absolute Gasteiger partial charge is 0.316 e. The van der Waals surface area contributed by atoms with Gasteiger partial charge in [0.1, 0.15) is 0 Å². The van der Waals surface area contributed by atoms with Crippen molar-refractivity contribution in [3.8, 4) is 0 Å². The van der Waals surface area contributed by atoms with Crippen LogP contribution in [0, 0.1) is 5.92 Å². The average Bonchev–Trinajstić information content (AvgIpc) is 2.87. The zero-order chi connectivity index (χ0) is 13.5. The summed E-state index contributed by atoms with van der Waals surface area (Å²) in [6.45, 7) is 10.2. The van der Waals surface area contributed by atoms with Gasteiger partial charge in [0.2, 0.25) is 0 Å². The number of aryl methyl sites for hydroxylation is 1. The van der Waals surface area contributed by atoms with Crippen LogP contribution in [0.15, 0.2) is 18.3 Å². The van der Waals surface area contributed by atoms with Gasteiger partial charge in [0.25, 0.3) is 0 Å². The molecule has 0 radical (unpaired) electrons. The molecule has 0 aromatic carbocycles. The highest BCUT2D eigenvalue weighted by Gasteiger charge is 2.22. The molecule has 19 heavy (non-hydrogen) atoms. The first-order chi connectivity index (χ1) is 9.33. The van der Waals surface area contributed by atoms with Crippen molar-refractivity contribution < 1.29 is 0 Å². The van der Waals surface area contributed by atoms with Gasteiger partial charge in [-0.05, 0) is 56.4 Å². The lowest BCUT2D eigenvalue weighted by atomic mass is 10.1. The van der Waals surface area contributed by atoms with Gasteiger partial charge in [0, 0.05) is 19.3 Å². The molecule has 1 aromatic heterocycles. The molecule has 1 aliphatic rings. The van der Waals surface area contributed by atoms with Crippen molar-refractivity contribution in [2.24, 2.45) is 5.92 Å². The fourth-order valence-electron chi connectivity index (χ4n) is 2.85. The summed E-state index contributed by atoms with van der Waals surface area (Å²) < 4.78 is 0. The summed E-state index contributed by atoms with van der Waals surface area (Å²) >= 11 is 0. The zero-order valence-electron chi connectivity index (χ0n) is 12.4. The van der Waals surface area contributed by atoms with Crippen LogP contribution < -0.4 is 5.32 Å². The summed E-state index contributed by atoms with van der Waals surface area (Å²) in [7, 11) is 0. The molecule has 2 heterocycles. The molecule has 0 saturated carbocycles. The molecular weight excluding hydrogens is 234 g/mol. The lowest BCUT2D eigenvalue weighted by Crippen LogP contribution is -2.27. The van der Waals surface area contributed by atoms with E-state index in [2.05, 4.69) is 35.1 Å². The molecule has 1 atom stereocenters. The van der Waals surface area contributed by atoms with E-state index in [1.54, 1.807) is 0 Å². The predicted molar refractivity (Wildman–Crippen MR) is 80.2 cm³/mol. The number of hydrogen-bond donors (Lipinski definition) is 1. The third-order valence-electron chi connectivity index (χ3n) is 3.97. The number of aromatic nitrogens is 1. The zero-order valence-corrected chi connectivity index (χ0v) is 12.4. The maximum Gasteiger partial charge on any atom is 0.0575 e. The van der Waals surface area contributed by atoms with Crippen LogP contribution in [0.25, 0.3) is 0 Å². The number of pyridine rings is 1. The van der Waals surface area contributed by atoms with Gasteiger partial charge in [-0.3, -0.25) is 9.88 Å². The van der Waals surface area contributed by atoms with Crippen molar-refractivity contribution in [1.29, 1.82) is 0 Å². The van der Waals surface area contributed by atoms with Crippen molar-refractivity contribution in [2.75, 3.05) is 26.2 Å². The smallest absolute Gasteiger partial charge is 0.0575 e. The van der Waals surface area contributed by atoms with Crippen LogP contribution in [0.3, 0.4) is 0 Å². The van der Waals surface area contributed by atoms with Crippen molar-refractivity contribution >= 4 is 0 Å². The minimum Gasteiger partial charge on any atom is -0.316 e. The quantitative estimate of drug-likeness (QED) is 0.764. The Morgan fingerprint density at radius 2 is 2.32 bits per heavy atom. The second kappa shape index (κ2) is 7.61. The van der Waals surface area contributed by atoms with E-state index in [1.165, 1.54) is 43.7 Å². The van der Waals surface area contributed by atoms with Gasteiger partial charge in [0.05, 0.1) is 5.69 Å². The van der Waals surface area contributed by atoms with Gasteiger partial charge in [-0.25, -0.2) is 0 Å². The van der Waals surface area contributed by atoms with Crippen LogP contribution in [0.1, 0.15) is 37.9 Å². The minimum absolute atomic E-state index is 0.820. The lowest BCUT2D eigenvalue weighted by Gasteiger charge is -2.17. The molecule has 0 aliphatic carbocycles. The third kappa shape index (κ3) is 4.29. The topological polar surface area (TPSA) is 28.2 Å². The molecule has 3 nitrogen and oxygen atoms in total. The van der Waals surface area contributed by atoms with E-state index in [1.807, 2.05) is 12.3 Å². The van der Waals surface area contributed by atoms with Gasteiger partial charge in [-0.1, -0.05) is 19.9 Å². The normalized spacial score (nSPS) is 20.0. The second-order valence-corrected chi connectivity index (χ2v) is 5.56. The van der Waals surface area contributed by atoms with Gasteiger partial charge in [-0.15, -0.1) is 0 Å². The number of hydrogen-bond acceptors (Lipinski definition) is 3. The first kappa shape index (κ1) is 14.5. The average molecular weight is 261 g/mol. The molecule has 0 spiro atoms. The Bertz CT molecular complexity index is 378. The number of nitrogens with one attached hydrogen (secondary N) is 1. The second-order valence-electron chi connectivity index (χ2n) is 5.56. The summed E-state index contributed by atoms with van der Waals surface area (Å²) in [4.78, 5) is 7.11. The molecule has 0 amide bonds. The summed E-state index contributed by atoms with van der Waals surface area (Å²) in [5.74, 6) is 0.820. The van der Waals surface area contributed by atoms with Crippen molar-refractivity contribution in [1.82, 2.24) is 15.2 Å². The van der Waals surface area contributed by atoms with Crippen molar-refractivity contribution in [2.45, 2.75) is 39.7 Å². The first-order valence-electron chi connectivity index (χ1n) is 7.69. The molecule has 1 aliphatic heterocycles. The van der Waals surface area contributed by atoms with E-state index >= 15 is 0 Å². The Kier molecular flexibility index (Phi) is 5.80. The SMILES string of the molecule is CCCNCC1CCN(Cc2ncccc2CC)C1. The Balaban J connectivity index is 1.81. The molecule has 1 saturated heterocycles. The summed E-state index contributed by atoms with van der Waals surface area (Å²) in [6.07, 6.45) is 5.55.